The van der Waals surface area contributed by atoms with Gasteiger partial charge in [0, 0.05) is 17.5 Å². The number of hydrogen-bond donors (Lipinski definition) is 1. The first-order chi connectivity index (χ1) is 7.24. The van der Waals surface area contributed by atoms with E-state index in [9.17, 15) is 4.79 Å². The molecule has 0 aliphatic heterocycles. The predicted molar refractivity (Wildman–Crippen MR) is 60.9 cm³/mol. The molecule has 1 aromatic carbocycles. The number of benzene rings is 1. The first-order valence-corrected chi connectivity index (χ1v) is 5.65. The maximum Gasteiger partial charge on any atom is 0.220 e. The second kappa shape index (κ2) is 4.67. The lowest BCUT2D eigenvalue weighted by molar-refractivity contribution is -0.121. The topological polar surface area (TPSA) is 29.1 Å². The molecular weight excluding hydrogens is 210 g/mol. The first kappa shape index (κ1) is 10.5. The number of aryl methyl sites for hydroxylation is 1. The number of halogens is 1. The molecule has 0 radical (unpaired) electrons. The summed E-state index contributed by atoms with van der Waals surface area (Å²) < 4.78 is 0. The molecule has 0 saturated heterocycles. The average Bonchev–Trinajstić information content (AvgIpc) is 2.99. The lowest BCUT2D eigenvalue weighted by Gasteiger charge is -2.03. The van der Waals surface area contributed by atoms with E-state index in [1.165, 1.54) is 0 Å². The van der Waals surface area contributed by atoms with Crippen molar-refractivity contribution in [2.45, 2.75) is 31.7 Å². The molecule has 0 unspecified atom stereocenters. The van der Waals surface area contributed by atoms with Crippen molar-refractivity contribution in [3.8, 4) is 0 Å². The Balaban J connectivity index is 1.78. The van der Waals surface area contributed by atoms with Crippen LogP contribution in [-0.2, 0) is 11.2 Å². The zero-order valence-corrected chi connectivity index (χ0v) is 9.26. The molecule has 2 rings (SSSR count). The number of carbonyl (C=O) groups is 1. The van der Waals surface area contributed by atoms with Crippen molar-refractivity contribution in [1.29, 1.82) is 0 Å². The summed E-state index contributed by atoms with van der Waals surface area (Å²) in [4.78, 5) is 11.4. The van der Waals surface area contributed by atoms with Crippen molar-refractivity contribution in [2.24, 2.45) is 0 Å². The maximum atomic E-state index is 11.4. The Kier molecular flexibility index (Phi) is 3.27. The molecule has 1 aliphatic carbocycles. The summed E-state index contributed by atoms with van der Waals surface area (Å²) in [7, 11) is 0. The van der Waals surface area contributed by atoms with E-state index < -0.39 is 0 Å². The fourth-order valence-corrected chi connectivity index (χ4v) is 1.69. The zero-order valence-electron chi connectivity index (χ0n) is 8.50. The number of rotatable bonds is 4. The van der Waals surface area contributed by atoms with E-state index >= 15 is 0 Å². The van der Waals surface area contributed by atoms with Crippen molar-refractivity contribution in [1.82, 2.24) is 5.32 Å². The Morgan fingerprint density at radius 2 is 2.27 bits per heavy atom. The minimum atomic E-state index is 0.150. The molecule has 1 fully saturated rings. The van der Waals surface area contributed by atoms with Crippen molar-refractivity contribution in [3.05, 3.63) is 34.9 Å². The van der Waals surface area contributed by atoms with Crippen LogP contribution in [0.5, 0.6) is 0 Å². The molecule has 1 aliphatic rings. The summed E-state index contributed by atoms with van der Waals surface area (Å²) in [5, 5.41) is 3.70. The Hall–Kier alpha value is -1.02. The van der Waals surface area contributed by atoms with E-state index in [-0.39, 0.29) is 5.91 Å². The fraction of sp³-hybridized carbons (Fsp3) is 0.417. The van der Waals surface area contributed by atoms with Crippen molar-refractivity contribution >= 4 is 17.5 Å². The largest absolute Gasteiger partial charge is 0.353 e. The summed E-state index contributed by atoms with van der Waals surface area (Å²) in [5.41, 5.74) is 1.12. The van der Waals surface area contributed by atoms with Crippen molar-refractivity contribution < 1.29 is 4.79 Å². The van der Waals surface area contributed by atoms with Crippen LogP contribution in [-0.4, -0.2) is 11.9 Å². The molecule has 1 saturated carbocycles. The molecule has 3 heteroatoms. The van der Waals surface area contributed by atoms with Crippen LogP contribution in [0.15, 0.2) is 24.3 Å². The normalized spacial score (nSPS) is 15.0. The monoisotopic (exact) mass is 223 g/mol. The third kappa shape index (κ3) is 3.56. The van der Waals surface area contributed by atoms with Gasteiger partial charge in [0.1, 0.15) is 0 Å². The van der Waals surface area contributed by atoms with Gasteiger partial charge in [0.2, 0.25) is 5.91 Å². The number of amides is 1. The molecule has 1 amide bonds. The molecule has 80 valence electrons. The van der Waals surface area contributed by atoms with Gasteiger partial charge < -0.3 is 5.32 Å². The molecule has 0 heterocycles. The second-order valence-corrected chi connectivity index (χ2v) is 4.41. The Morgan fingerprint density at radius 1 is 1.47 bits per heavy atom. The third-order valence-corrected chi connectivity index (χ3v) is 2.71. The predicted octanol–water partition coefficient (Wildman–Crippen LogP) is 2.55. The highest BCUT2D eigenvalue weighted by atomic mass is 35.5. The Bertz CT molecular complexity index is 360. The Morgan fingerprint density at radius 3 is 2.93 bits per heavy atom. The molecule has 0 aromatic heterocycles. The number of nitrogens with one attached hydrogen (secondary N) is 1. The smallest absolute Gasteiger partial charge is 0.220 e. The highest BCUT2D eigenvalue weighted by Crippen LogP contribution is 2.19. The van der Waals surface area contributed by atoms with Crippen molar-refractivity contribution in [3.63, 3.8) is 0 Å². The van der Waals surface area contributed by atoms with Crippen LogP contribution < -0.4 is 5.32 Å². The van der Waals surface area contributed by atoms with Crippen LogP contribution >= 0.6 is 11.6 Å². The lowest BCUT2D eigenvalue weighted by atomic mass is 10.1. The summed E-state index contributed by atoms with van der Waals surface area (Å²) >= 11 is 5.85. The molecule has 1 N–H and O–H groups in total. The lowest BCUT2D eigenvalue weighted by Crippen LogP contribution is -2.25. The van der Waals surface area contributed by atoms with Gasteiger partial charge in [-0.2, -0.15) is 0 Å². The Labute approximate surface area is 94.6 Å². The summed E-state index contributed by atoms with van der Waals surface area (Å²) in [5.74, 6) is 0.150. The quantitative estimate of drug-likeness (QED) is 0.835. The van der Waals surface area contributed by atoms with Crippen LogP contribution in [0.25, 0.3) is 0 Å². The van der Waals surface area contributed by atoms with E-state index in [1.54, 1.807) is 0 Å². The van der Waals surface area contributed by atoms with Crippen LogP contribution in [0.4, 0.5) is 0 Å². The minimum absolute atomic E-state index is 0.150. The molecule has 1 aromatic rings. The molecule has 0 spiro atoms. The first-order valence-electron chi connectivity index (χ1n) is 5.28. The summed E-state index contributed by atoms with van der Waals surface area (Å²) in [6, 6.07) is 8.12. The minimum Gasteiger partial charge on any atom is -0.353 e. The van der Waals surface area contributed by atoms with Crippen LogP contribution in [0.3, 0.4) is 0 Å². The van der Waals surface area contributed by atoms with E-state index in [4.69, 9.17) is 11.6 Å². The average molecular weight is 224 g/mol. The van der Waals surface area contributed by atoms with Gasteiger partial charge in [-0.3, -0.25) is 4.79 Å². The SMILES string of the molecule is O=C(CCc1cccc(Cl)c1)NC1CC1. The summed E-state index contributed by atoms with van der Waals surface area (Å²) in [6.45, 7) is 0. The van der Waals surface area contributed by atoms with E-state index in [0.717, 1.165) is 29.8 Å². The van der Waals surface area contributed by atoms with Crippen molar-refractivity contribution in [2.75, 3.05) is 0 Å². The highest BCUT2D eigenvalue weighted by Gasteiger charge is 2.22. The van der Waals surface area contributed by atoms with Gasteiger partial charge in [-0.05, 0) is 37.0 Å². The fourth-order valence-electron chi connectivity index (χ4n) is 1.48. The molecule has 2 nitrogen and oxygen atoms in total. The van der Waals surface area contributed by atoms with E-state index in [2.05, 4.69) is 5.32 Å². The number of hydrogen-bond acceptors (Lipinski definition) is 1. The molecule has 15 heavy (non-hydrogen) atoms. The van der Waals surface area contributed by atoms with Gasteiger partial charge in [-0.15, -0.1) is 0 Å². The number of carbonyl (C=O) groups excluding carboxylic acids is 1. The van der Waals surface area contributed by atoms with Crippen LogP contribution in [0.1, 0.15) is 24.8 Å². The maximum absolute atomic E-state index is 11.4. The summed E-state index contributed by atoms with van der Waals surface area (Å²) in [6.07, 6.45) is 3.60. The van der Waals surface area contributed by atoms with Gasteiger partial charge in [0.25, 0.3) is 0 Å². The van der Waals surface area contributed by atoms with Crippen LogP contribution in [0.2, 0.25) is 5.02 Å². The van der Waals surface area contributed by atoms with Gasteiger partial charge in [-0.25, -0.2) is 0 Å². The zero-order chi connectivity index (χ0) is 10.7. The van der Waals surface area contributed by atoms with Gasteiger partial charge in [0.15, 0.2) is 0 Å². The molecular formula is C12H14ClNO. The highest BCUT2D eigenvalue weighted by molar-refractivity contribution is 6.30. The van der Waals surface area contributed by atoms with E-state index in [0.29, 0.717) is 12.5 Å². The van der Waals surface area contributed by atoms with Gasteiger partial charge in [0.05, 0.1) is 0 Å². The van der Waals surface area contributed by atoms with Gasteiger partial charge >= 0.3 is 0 Å². The molecule has 0 bridgehead atoms. The van der Waals surface area contributed by atoms with E-state index in [1.807, 2.05) is 24.3 Å². The molecule has 0 atom stereocenters. The van der Waals surface area contributed by atoms with Crippen LogP contribution in [0, 0.1) is 0 Å². The third-order valence-electron chi connectivity index (χ3n) is 2.47. The second-order valence-electron chi connectivity index (χ2n) is 3.97. The van der Waals surface area contributed by atoms with Gasteiger partial charge in [-0.1, -0.05) is 23.7 Å². The standard InChI is InChI=1S/C12H14ClNO/c13-10-3-1-2-9(8-10)4-7-12(15)14-11-5-6-11/h1-3,8,11H,4-7H2,(H,14,15).